The summed E-state index contributed by atoms with van der Waals surface area (Å²) in [6.07, 6.45) is 2.72. The second kappa shape index (κ2) is 6.96. The number of hydrogen-bond acceptors (Lipinski definition) is 5. The molecule has 0 unspecified atom stereocenters. The minimum Gasteiger partial charge on any atom is -0.374 e. The SMILES string of the molecule is CS(=O)(=O)CCOCc1ncccc1C(=O)CBr. The van der Waals surface area contributed by atoms with Crippen molar-refractivity contribution in [2.24, 2.45) is 0 Å². The molecule has 0 aliphatic rings. The Morgan fingerprint density at radius 2 is 2.22 bits per heavy atom. The fourth-order valence-corrected chi connectivity index (χ4v) is 1.98. The van der Waals surface area contributed by atoms with Crippen LogP contribution in [-0.4, -0.2) is 43.1 Å². The van der Waals surface area contributed by atoms with Crippen LogP contribution in [0.4, 0.5) is 0 Å². The molecule has 0 atom stereocenters. The first kappa shape index (κ1) is 15.3. The number of nitrogens with zero attached hydrogens (tertiary/aromatic N) is 1. The number of aromatic nitrogens is 1. The van der Waals surface area contributed by atoms with Gasteiger partial charge in [-0.25, -0.2) is 8.42 Å². The number of carbonyl (C=O) groups excluding carboxylic acids is 1. The normalized spacial score (nSPS) is 11.4. The molecule has 0 saturated heterocycles. The van der Waals surface area contributed by atoms with Crippen molar-refractivity contribution in [3.63, 3.8) is 0 Å². The van der Waals surface area contributed by atoms with Gasteiger partial charge in [-0.1, -0.05) is 15.9 Å². The van der Waals surface area contributed by atoms with Gasteiger partial charge in [-0.05, 0) is 12.1 Å². The van der Waals surface area contributed by atoms with Crippen LogP contribution in [-0.2, 0) is 21.2 Å². The molecule has 0 bridgehead atoms. The van der Waals surface area contributed by atoms with Gasteiger partial charge in [0, 0.05) is 18.0 Å². The summed E-state index contributed by atoms with van der Waals surface area (Å²) < 4.78 is 27.0. The van der Waals surface area contributed by atoms with Crippen molar-refractivity contribution in [2.45, 2.75) is 6.61 Å². The molecule has 1 rings (SSSR count). The number of Topliss-reactive ketones (excluding diaryl/α,β-unsaturated/α-hetero) is 1. The van der Waals surface area contributed by atoms with Gasteiger partial charge in [0.05, 0.1) is 30.0 Å². The highest BCUT2D eigenvalue weighted by atomic mass is 79.9. The van der Waals surface area contributed by atoms with E-state index < -0.39 is 9.84 Å². The molecule has 0 aromatic carbocycles. The number of pyridine rings is 1. The summed E-state index contributed by atoms with van der Waals surface area (Å²) in [6, 6.07) is 3.35. The third-order valence-electron chi connectivity index (χ3n) is 2.15. The molecule has 0 N–H and O–H groups in total. The van der Waals surface area contributed by atoms with Crippen LogP contribution < -0.4 is 0 Å². The van der Waals surface area contributed by atoms with Crippen molar-refractivity contribution in [1.29, 1.82) is 0 Å². The molecule has 0 aliphatic heterocycles. The predicted octanol–water partition coefficient (Wildman–Crippen LogP) is 1.22. The van der Waals surface area contributed by atoms with Gasteiger partial charge in [-0.3, -0.25) is 9.78 Å². The molecule has 0 radical (unpaired) electrons. The summed E-state index contributed by atoms with van der Waals surface area (Å²) in [7, 11) is -3.03. The Hall–Kier alpha value is -0.790. The number of hydrogen-bond donors (Lipinski definition) is 0. The minimum atomic E-state index is -3.03. The molecular weight excluding hydrogens is 322 g/mol. The highest BCUT2D eigenvalue weighted by Crippen LogP contribution is 2.09. The average molecular weight is 336 g/mol. The lowest BCUT2D eigenvalue weighted by Crippen LogP contribution is -2.12. The van der Waals surface area contributed by atoms with E-state index in [4.69, 9.17) is 4.74 Å². The zero-order valence-electron chi connectivity index (χ0n) is 9.93. The van der Waals surface area contributed by atoms with Crippen molar-refractivity contribution >= 4 is 31.6 Å². The molecule has 1 heterocycles. The van der Waals surface area contributed by atoms with E-state index in [2.05, 4.69) is 20.9 Å². The fourth-order valence-electron chi connectivity index (χ4n) is 1.26. The number of rotatable bonds is 7. The van der Waals surface area contributed by atoms with E-state index in [1.54, 1.807) is 18.3 Å². The highest BCUT2D eigenvalue weighted by Gasteiger charge is 2.11. The van der Waals surface area contributed by atoms with Crippen LogP contribution in [0.2, 0.25) is 0 Å². The third-order valence-corrected chi connectivity index (χ3v) is 3.57. The van der Waals surface area contributed by atoms with Crippen LogP contribution in [0.25, 0.3) is 0 Å². The minimum absolute atomic E-state index is 0.0401. The van der Waals surface area contributed by atoms with Gasteiger partial charge in [0.1, 0.15) is 9.84 Å². The molecule has 0 aliphatic carbocycles. The van der Waals surface area contributed by atoms with Crippen molar-refractivity contribution < 1.29 is 17.9 Å². The van der Waals surface area contributed by atoms with Gasteiger partial charge in [0.2, 0.25) is 0 Å². The Morgan fingerprint density at radius 1 is 1.50 bits per heavy atom. The monoisotopic (exact) mass is 335 g/mol. The maximum atomic E-state index is 11.6. The molecule has 0 spiro atoms. The molecule has 1 aromatic heterocycles. The largest absolute Gasteiger partial charge is 0.374 e. The molecule has 0 fully saturated rings. The van der Waals surface area contributed by atoms with E-state index in [1.165, 1.54) is 0 Å². The van der Waals surface area contributed by atoms with E-state index in [9.17, 15) is 13.2 Å². The summed E-state index contributed by atoms with van der Waals surface area (Å²) in [5.41, 5.74) is 1.02. The van der Waals surface area contributed by atoms with Crippen LogP contribution in [0.1, 0.15) is 16.1 Å². The Morgan fingerprint density at radius 3 is 2.83 bits per heavy atom. The van der Waals surface area contributed by atoms with Gasteiger partial charge < -0.3 is 4.74 Å². The Balaban J connectivity index is 2.60. The molecule has 7 heteroatoms. The lowest BCUT2D eigenvalue weighted by Gasteiger charge is -2.07. The summed E-state index contributed by atoms with van der Waals surface area (Å²) in [6.45, 7) is 0.224. The lowest BCUT2D eigenvalue weighted by molar-refractivity contribution is 0.101. The number of alkyl halides is 1. The lowest BCUT2D eigenvalue weighted by atomic mass is 10.1. The standard InChI is InChI=1S/C11H14BrNO4S/c1-18(15,16)6-5-17-8-10-9(11(14)7-12)3-2-4-13-10/h2-4H,5-8H2,1H3. The number of halogens is 1. The molecule has 5 nitrogen and oxygen atoms in total. The maximum absolute atomic E-state index is 11.6. The second-order valence-corrected chi connectivity index (χ2v) is 6.56. The van der Waals surface area contributed by atoms with E-state index >= 15 is 0 Å². The average Bonchev–Trinajstić information content (AvgIpc) is 2.33. The van der Waals surface area contributed by atoms with Crippen LogP contribution in [0.3, 0.4) is 0 Å². The van der Waals surface area contributed by atoms with Gasteiger partial charge in [0.15, 0.2) is 5.78 Å². The number of sulfone groups is 1. The fraction of sp³-hybridized carbons (Fsp3) is 0.455. The highest BCUT2D eigenvalue weighted by molar-refractivity contribution is 9.09. The second-order valence-electron chi connectivity index (χ2n) is 3.74. The predicted molar refractivity (Wildman–Crippen MR) is 71.7 cm³/mol. The van der Waals surface area contributed by atoms with Crippen molar-refractivity contribution in [3.05, 3.63) is 29.6 Å². The smallest absolute Gasteiger partial charge is 0.175 e. The Kier molecular flexibility index (Phi) is 5.90. The molecule has 0 saturated carbocycles. The van der Waals surface area contributed by atoms with Crippen LogP contribution in [0, 0.1) is 0 Å². The first-order valence-electron chi connectivity index (χ1n) is 5.22. The Bertz CT molecular complexity index is 516. The summed E-state index contributed by atoms with van der Waals surface area (Å²) in [5.74, 6) is -0.119. The summed E-state index contributed by atoms with van der Waals surface area (Å²) >= 11 is 3.10. The molecule has 1 aromatic rings. The number of ketones is 1. The van der Waals surface area contributed by atoms with E-state index in [0.29, 0.717) is 11.3 Å². The van der Waals surface area contributed by atoms with E-state index in [0.717, 1.165) is 6.26 Å². The van der Waals surface area contributed by atoms with E-state index in [1.807, 2.05) is 0 Å². The quantitative estimate of drug-likeness (QED) is 0.425. The molecule has 18 heavy (non-hydrogen) atoms. The zero-order chi connectivity index (χ0) is 13.6. The molecule has 100 valence electrons. The van der Waals surface area contributed by atoms with E-state index in [-0.39, 0.29) is 30.1 Å². The molecular formula is C11H14BrNO4S. The van der Waals surface area contributed by atoms with Crippen LogP contribution >= 0.6 is 15.9 Å². The van der Waals surface area contributed by atoms with Crippen molar-refractivity contribution in [1.82, 2.24) is 4.98 Å². The van der Waals surface area contributed by atoms with Crippen LogP contribution in [0.15, 0.2) is 18.3 Å². The van der Waals surface area contributed by atoms with Gasteiger partial charge in [-0.15, -0.1) is 0 Å². The summed E-state index contributed by atoms with van der Waals surface area (Å²) in [5, 5.41) is 0.217. The summed E-state index contributed by atoms with van der Waals surface area (Å²) in [4.78, 5) is 15.7. The van der Waals surface area contributed by atoms with Crippen molar-refractivity contribution in [3.8, 4) is 0 Å². The zero-order valence-corrected chi connectivity index (χ0v) is 12.3. The van der Waals surface area contributed by atoms with Gasteiger partial charge in [-0.2, -0.15) is 0 Å². The van der Waals surface area contributed by atoms with Crippen molar-refractivity contribution in [2.75, 3.05) is 23.9 Å². The topological polar surface area (TPSA) is 73.3 Å². The van der Waals surface area contributed by atoms with Gasteiger partial charge >= 0.3 is 0 Å². The number of carbonyl (C=O) groups is 1. The molecule has 0 amide bonds. The Labute approximate surface area is 115 Å². The first-order valence-corrected chi connectivity index (χ1v) is 8.41. The van der Waals surface area contributed by atoms with Gasteiger partial charge in [0.25, 0.3) is 0 Å². The maximum Gasteiger partial charge on any atom is 0.175 e. The number of ether oxygens (including phenoxy) is 1. The van der Waals surface area contributed by atoms with Crippen LogP contribution in [0.5, 0.6) is 0 Å². The first-order chi connectivity index (χ1) is 8.44. The third kappa shape index (κ3) is 5.24.